The highest BCUT2D eigenvalue weighted by atomic mass is 16.5. The summed E-state index contributed by atoms with van der Waals surface area (Å²) in [4.78, 5) is 10.7. The second-order valence-electron chi connectivity index (χ2n) is 5.70. The van der Waals surface area contributed by atoms with Gasteiger partial charge in [0.1, 0.15) is 5.60 Å². The molecule has 0 saturated heterocycles. The van der Waals surface area contributed by atoms with Gasteiger partial charge in [-0.25, -0.2) is 0 Å². The molecule has 3 aliphatic rings. The number of carbonyl (C=O) groups excluding carboxylic acids is 1. The van der Waals surface area contributed by atoms with Gasteiger partial charge in [-0.3, -0.25) is 4.79 Å². The summed E-state index contributed by atoms with van der Waals surface area (Å²) in [6, 6.07) is 0. The molecule has 3 rings (SSSR count). The third kappa shape index (κ3) is 1.14. The number of rotatable bonds is 3. The molecule has 0 radical (unpaired) electrons. The van der Waals surface area contributed by atoms with Crippen molar-refractivity contribution in [3.63, 3.8) is 0 Å². The summed E-state index contributed by atoms with van der Waals surface area (Å²) in [6.07, 6.45) is 7.72. The van der Waals surface area contributed by atoms with E-state index < -0.39 is 0 Å². The molecular weight excluding hydrogens is 188 g/mol. The Kier molecular flexibility index (Phi) is 2.08. The van der Waals surface area contributed by atoms with E-state index in [1.54, 1.807) is 0 Å². The van der Waals surface area contributed by atoms with E-state index in [4.69, 9.17) is 4.74 Å². The number of hydrogen-bond donors (Lipinski definition) is 0. The number of ether oxygens (including phenoxy) is 1. The molecule has 0 heterocycles. The summed E-state index contributed by atoms with van der Waals surface area (Å²) in [5.74, 6) is 3.40. The van der Waals surface area contributed by atoms with Crippen LogP contribution in [0, 0.1) is 23.7 Å². The maximum absolute atomic E-state index is 10.7. The van der Waals surface area contributed by atoms with Gasteiger partial charge < -0.3 is 4.74 Å². The fraction of sp³-hybridized carbons (Fsp3) is 0.923. The minimum Gasteiger partial charge on any atom is -0.461 e. The van der Waals surface area contributed by atoms with Gasteiger partial charge in [0.2, 0.25) is 0 Å². The molecule has 84 valence electrons. The summed E-state index contributed by atoms with van der Waals surface area (Å²) in [5, 5.41) is 0. The smallest absolute Gasteiger partial charge is 0.293 e. The van der Waals surface area contributed by atoms with Gasteiger partial charge in [-0.2, -0.15) is 0 Å². The van der Waals surface area contributed by atoms with Gasteiger partial charge in [0.05, 0.1) is 0 Å². The molecule has 5 atom stereocenters. The Labute approximate surface area is 91.4 Å². The molecule has 0 aliphatic heterocycles. The van der Waals surface area contributed by atoms with Crippen LogP contribution in [0.1, 0.15) is 45.4 Å². The lowest BCUT2D eigenvalue weighted by molar-refractivity contribution is -0.154. The van der Waals surface area contributed by atoms with Gasteiger partial charge >= 0.3 is 0 Å². The van der Waals surface area contributed by atoms with Gasteiger partial charge in [-0.15, -0.1) is 0 Å². The lowest BCUT2D eigenvalue weighted by Gasteiger charge is -2.40. The predicted octanol–water partition coefficient (Wildman–Crippen LogP) is 2.76. The van der Waals surface area contributed by atoms with Crippen LogP contribution in [0.25, 0.3) is 0 Å². The topological polar surface area (TPSA) is 26.3 Å². The van der Waals surface area contributed by atoms with Crippen molar-refractivity contribution >= 4 is 6.47 Å². The minimum absolute atomic E-state index is 0.0715. The maximum Gasteiger partial charge on any atom is 0.293 e. The summed E-state index contributed by atoms with van der Waals surface area (Å²) >= 11 is 0. The van der Waals surface area contributed by atoms with Gasteiger partial charge in [-0.1, -0.05) is 13.3 Å². The molecule has 0 amide bonds. The van der Waals surface area contributed by atoms with Crippen molar-refractivity contribution in [2.75, 3.05) is 0 Å². The first-order valence-electron chi connectivity index (χ1n) is 6.42. The molecule has 0 spiro atoms. The minimum atomic E-state index is -0.0715. The fourth-order valence-corrected chi connectivity index (χ4v) is 4.93. The molecule has 0 aromatic rings. The molecule has 3 aliphatic carbocycles. The van der Waals surface area contributed by atoms with Crippen LogP contribution in [0.5, 0.6) is 0 Å². The number of hydrogen-bond acceptors (Lipinski definition) is 2. The highest BCUT2D eigenvalue weighted by Crippen LogP contribution is 2.64. The quantitative estimate of drug-likeness (QED) is 0.667. The summed E-state index contributed by atoms with van der Waals surface area (Å²) < 4.78 is 5.50. The molecule has 3 fully saturated rings. The van der Waals surface area contributed by atoms with Crippen molar-refractivity contribution in [1.29, 1.82) is 0 Å². The Morgan fingerprint density at radius 3 is 2.93 bits per heavy atom. The number of carbonyl (C=O) groups is 1. The molecule has 2 heteroatoms. The Morgan fingerprint density at radius 2 is 2.20 bits per heavy atom. The first-order chi connectivity index (χ1) is 7.30. The monoisotopic (exact) mass is 208 g/mol. The maximum atomic E-state index is 10.7. The van der Waals surface area contributed by atoms with Crippen LogP contribution in [-0.2, 0) is 9.53 Å². The fourth-order valence-electron chi connectivity index (χ4n) is 4.93. The lowest BCUT2D eigenvalue weighted by Crippen LogP contribution is -2.43. The van der Waals surface area contributed by atoms with Crippen LogP contribution >= 0.6 is 0 Å². The van der Waals surface area contributed by atoms with Crippen LogP contribution in [0.3, 0.4) is 0 Å². The van der Waals surface area contributed by atoms with Crippen molar-refractivity contribution < 1.29 is 9.53 Å². The van der Waals surface area contributed by atoms with Crippen LogP contribution < -0.4 is 0 Å². The van der Waals surface area contributed by atoms with Crippen molar-refractivity contribution in [2.24, 2.45) is 23.7 Å². The Bertz CT molecular complexity index is 276. The Balaban J connectivity index is 1.87. The summed E-state index contributed by atoms with van der Waals surface area (Å²) in [7, 11) is 0. The zero-order chi connectivity index (χ0) is 10.5. The van der Waals surface area contributed by atoms with Crippen LogP contribution in [0.4, 0.5) is 0 Å². The van der Waals surface area contributed by atoms with Crippen molar-refractivity contribution in [1.82, 2.24) is 0 Å². The first kappa shape index (κ1) is 9.68. The van der Waals surface area contributed by atoms with Crippen molar-refractivity contribution in [2.45, 2.75) is 51.0 Å². The largest absolute Gasteiger partial charge is 0.461 e. The highest BCUT2D eigenvalue weighted by Gasteiger charge is 2.61. The van der Waals surface area contributed by atoms with Gasteiger partial charge in [-0.05, 0) is 49.9 Å². The van der Waals surface area contributed by atoms with E-state index in [0.29, 0.717) is 12.4 Å². The molecule has 5 unspecified atom stereocenters. The molecule has 0 aromatic heterocycles. The third-order valence-corrected chi connectivity index (χ3v) is 5.47. The second kappa shape index (κ2) is 3.23. The molecule has 0 aromatic carbocycles. The van der Waals surface area contributed by atoms with Gasteiger partial charge in [0, 0.05) is 5.92 Å². The molecule has 15 heavy (non-hydrogen) atoms. The predicted molar refractivity (Wildman–Crippen MR) is 57.2 cm³/mol. The van der Waals surface area contributed by atoms with Crippen molar-refractivity contribution in [3.05, 3.63) is 0 Å². The average molecular weight is 208 g/mol. The van der Waals surface area contributed by atoms with E-state index in [-0.39, 0.29) is 5.60 Å². The standard InChI is InChI=1S/C13H20O2/c1-2-13(15-8-14)7-9-6-12(13)11-5-3-4-10(9)11/h8-12H,2-7H2,1H3. The SMILES string of the molecule is CCC1(OC=O)CC2CC1C1CCCC21. The molecule has 3 saturated carbocycles. The van der Waals surface area contributed by atoms with Crippen LogP contribution in [0.2, 0.25) is 0 Å². The molecule has 2 bridgehead atoms. The van der Waals surface area contributed by atoms with Crippen LogP contribution in [-0.4, -0.2) is 12.1 Å². The highest BCUT2D eigenvalue weighted by molar-refractivity contribution is 5.39. The Morgan fingerprint density at radius 1 is 1.40 bits per heavy atom. The van der Waals surface area contributed by atoms with E-state index in [1.807, 2.05) is 0 Å². The van der Waals surface area contributed by atoms with E-state index in [1.165, 1.54) is 25.7 Å². The average Bonchev–Trinajstić information content (AvgIpc) is 2.87. The van der Waals surface area contributed by atoms with Gasteiger partial charge in [0.25, 0.3) is 6.47 Å². The van der Waals surface area contributed by atoms with Gasteiger partial charge in [0.15, 0.2) is 0 Å². The zero-order valence-corrected chi connectivity index (χ0v) is 9.45. The van der Waals surface area contributed by atoms with E-state index in [0.717, 1.165) is 30.6 Å². The number of fused-ring (bicyclic) bond motifs is 5. The van der Waals surface area contributed by atoms with E-state index in [9.17, 15) is 4.79 Å². The second-order valence-corrected chi connectivity index (χ2v) is 5.70. The lowest BCUT2D eigenvalue weighted by atomic mass is 9.72. The van der Waals surface area contributed by atoms with Crippen LogP contribution in [0.15, 0.2) is 0 Å². The van der Waals surface area contributed by atoms with E-state index >= 15 is 0 Å². The molecular formula is C13H20O2. The normalized spacial score (nSPS) is 51.8. The van der Waals surface area contributed by atoms with E-state index in [2.05, 4.69) is 6.92 Å². The van der Waals surface area contributed by atoms with Crippen molar-refractivity contribution in [3.8, 4) is 0 Å². The summed E-state index contributed by atoms with van der Waals surface area (Å²) in [5.41, 5.74) is -0.0715. The third-order valence-electron chi connectivity index (χ3n) is 5.47. The zero-order valence-electron chi connectivity index (χ0n) is 9.45. The molecule has 2 nitrogen and oxygen atoms in total. The first-order valence-corrected chi connectivity index (χ1v) is 6.42. The summed E-state index contributed by atoms with van der Waals surface area (Å²) in [6.45, 7) is 2.86. The Hall–Kier alpha value is -0.530. The molecule has 0 N–H and O–H groups in total.